The van der Waals surface area contributed by atoms with E-state index in [-0.39, 0.29) is 17.6 Å². The number of amides is 2. The van der Waals surface area contributed by atoms with Crippen molar-refractivity contribution in [1.82, 2.24) is 4.90 Å². The lowest BCUT2D eigenvalue weighted by molar-refractivity contribution is -0.129. The number of ether oxygens (including phenoxy) is 1. The van der Waals surface area contributed by atoms with Crippen LogP contribution in [-0.4, -0.2) is 42.1 Å². The van der Waals surface area contributed by atoms with Gasteiger partial charge in [-0.15, -0.1) is 23.1 Å². The van der Waals surface area contributed by atoms with Crippen LogP contribution in [-0.2, 0) is 27.3 Å². The number of carbonyl (C=O) groups is 3. The smallest absolute Gasteiger partial charge is 0.341 e. The van der Waals surface area contributed by atoms with Gasteiger partial charge < -0.3 is 15.0 Å². The van der Waals surface area contributed by atoms with Gasteiger partial charge in [-0.25, -0.2) is 4.79 Å². The van der Waals surface area contributed by atoms with Crippen molar-refractivity contribution in [2.24, 2.45) is 0 Å². The molecule has 3 rings (SSSR count). The first-order valence-electron chi connectivity index (χ1n) is 8.86. The standard InChI is InChI=1S/C20H22N2O4S2/c1-12-4-6-14(7-5-12)27-11-17(24)21-19-18(20(25)26-3)15-8-9-22(13(2)23)10-16(15)28-19/h4-7H,8-11H2,1-3H3,(H,21,24). The summed E-state index contributed by atoms with van der Waals surface area (Å²) in [7, 11) is 1.33. The molecule has 0 saturated heterocycles. The Hall–Kier alpha value is -2.32. The van der Waals surface area contributed by atoms with Crippen LogP contribution in [0, 0.1) is 6.92 Å². The Labute approximate surface area is 172 Å². The molecule has 148 valence electrons. The molecule has 2 heterocycles. The average Bonchev–Trinajstić information content (AvgIpc) is 3.03. The fraction of sp³-hybridized carbons (Fsp3) is 0.350. The van der Waals surface area contributed by atoms with E-state index < -0.39 is 5.97 Å². The second-order valence-corrected chi connectivity index (χ2v) is 8.69. The number of nitrogens with zero attached hydrogens (tertiary/aromatic N) is 1. The Bertz CT molecular complexity index is 906. The van der Waals surface area contributed by atoms with Crippen LogP contribution in [0.25, 0.3) is 0 Å². The molecule has 0 saturated carbocycles. The highest BCUT2D eigenvalue weighted by molar-refractivity contribution is 8.00. The van der Waals surface area contributed by atoms with E-state index in [0.717, 1.165) is 15.3 Å². The minimum absolute atomic E-state index is 0.00116. The third-order valence-electron chi connectivity index (χ3n) is 4.54. The number of aryl methyl sites for hydroxylation is 1. The lowest BCUT2D eigenvalue weighted by atomic mass is 10.0. The molecule has 1 aromatic carbocycles. The van der Waals surface area contributed by atoms with Crippen LogP contribution in [0.1, 0.15) is 33.3 Å². The molecule has 0 spiro atoms. The molecule has 8 heteroatoms. The highest BCUT2D eigenvalue weighted by Crippen LogP contribution is 2.37. The Morgan fingerprint density at radius 2 is 1.96 bits per heavy atom. The van der Waals surface area contributed by atoms with Crippen molar-refractivity contribution in [3.63, 3.8) is 0 Å². The summed E-state index contributed by atoms with van der Waals surface area (Å²) in [5, 5.41) is 3.36. The molecule has 28 heavy (non-hydrogen) atoms. The predicted molar refractivity (Wildman–Crippen MR) is 111 cm³/mol. The molecule has 1 aromatic heterocycles. The average molecular weight is 419 g/mol. The van der Waals surface area contributed by atoms with Crippen LogP contribution in [0.5, 0.6) is 0 Å². The first kappa shape index (κ1) is 20.4. The van der Waals surface area contributed by atoms with Gasteiger partial charge in [-0.3, -0.25) is 9.59 Å². The predicted octanol–water partition coefficient (Wildman–Crippen LogP) is 3.48. The molecule has 2 amide bonds. The van der Waals surface area contributed by atoms with Gasteiger partial charge in [0.2, 0.25) is 11.8 Å². The van der Waals surface area contributed by atoms with Crippen molar-refractivity contribution in [2.45, 2.75) is 31.7 Å². The van der Waals surface area contributed by atoms with E-state index in [4.69, 9.17) is 4.74 Å². The van der Waals surface area contributed by atoms with Crippen LogP contribution in [0.4, 0.5) is 5.00 Å². The Morgan fingerprint density at radius 1 is 1.25 bits per heavy atom. The summed E-state index contributed by atoms with van der Waals surface area (Å²) in [5.41, 5.74) is 2.45. The summed E-state index contributed by atoms with van der Waals surface area (Å²) < 4.78 is 4.93. The lowest BCUT2D eigenvalue weighted by Crippen LogP contribution is -2.33. The summed E-state index contributed by atoms with van der Waals surface area (Å²) in [5.74, 6) is -0.405. The number of rotatable bonds is 5. The van der Waals surface area contributed by atoms with Gasteiger partial charge in [0.25, 0.3) is 0 Å². The lowest BCUT2D eigenvalue weighted by Gasteiger charge is -2.25. The maximum absolute atomic E-state index is 12.5. The zero-order chi connectivity index (χ0) is 20.3. The Morgan fingerprint density at radius 3 is 2.61 bits per heavy atom. The molecular formula is C20H22N2O4S2. The number of carbonyl (C=O) groups excluding carboxylic acids is 3. The summed E-state index contributed by atoms with van der Waals surface area (Å²) in [6.07, 6.45) is 0.573. The number of thioether (sulfide) groups is 1. The zero-order valence-electron chi connectivity index (χ0n) is 16.0. The van der Waals surface area contributed by atoms with Gasteiger partial charge in [0.1, 0.15) is 5.00 Å². The largest absolute Gasteiger partial charge is 0.465 e. The van der Waals surface area contributed by atoms with Crippen molar-refractivity contribution in [3.05, 3.63) is 45.8 Å². The maximum Gasteiger partial charge on any atom is 0.341 e. The number of hydrogen-bond donors (Lipinski definition) is 1. The van der Waals surface area contributed by atoms with E-state index in [1.165, 1.54) is 42.7 Å². The van der Waals surface area contributed by atoms with Crippen molar-refractivity contribution in [2.75, 3.05) is 24.7 Å². The Kier molecular flexibility index (Phi) is 6.41. The van der Waals surface area contributed by atoms with Gasteiger partial charge in [-0.1, -0.05) is 17.7 Å². The van der Waals surface area contributed by atoms with Crippen molar-refractivity contribution in [1.29, 1.82) is 0 Å². The fourth-order valence-electron chi connectivity index (χ4n) is 3.02. The van der Waals surface area contributed by atoms with E-state index in [1.807, 2.05) is 31.2 Å². The van der Waals surface area contributed by atoms with Gasteiger partial charge in [0.05, 0.1) is 25.0 Å². The first-order valence-corrected chi connectivity index (χ1v) is 10.7. The van der Waals surface area contributed by atoms with Gasteiger partial charge in [0.15, 0.2) is 0 Å². The number of hydrogen-bond acceptors (Lipinski definition) is 6. The molecule has 0 bridgehead atoms. The highest BCUT2D eigenvalue weighted by atomic mass is 32.2. The molecule has 0 radical (unpaired) electrons. The number of fused-ring (bicyclic) bond motifs is 1. The molecule has 0 aliphatic carbocycles. The molecule has 0 fully saturated rings. The minimum atomic E-state index is -0.463. The van der Waals surface area contributed by atoms with Crippen LogP contribution < -0.4 is 5.32 Å². The van der Waals surface area contributed by atoms with Gasteiger partial charge in [0, 0.05) is 23.2 Å². The van der Waals surface area contributed by atoms with Crippen molar-refractivity contribution >= 4 is 45.9 Å². The van der Waals surface area contributed by atoms with E-state index in [1.54, 1.807) is 4.90 Å². The van der Waals surface area contributed by atoms with E-state index >= 15 is 0 Å². The number of anilines is 1. The third kappa shape index (κ3) is 4.56. The fourth-order valence-corrected chi connectivity index (χ4v) is 4.99. The van der Waals surface area contributed by atoms with E-state index in [0.29, 0.717) is 30.1 Å². The number of thiophene rings is 1. The van der Waals surface area contributed by atoms with Crippen LogP contribution >= 0.6 is 23.1 Å². The van der Waals surface area contributed by atoms with Crippen molar-refractivity contribution in [3.8, 4) is 0 Å². The molecule has 1 aliphatic rings. The molecule has 1 N–H and O–H groups in total. The van der Waals surface area contributed by atoms with Gasteiger partial charge in [-0.2, -0.15) is 0 Å². The minimum Gasteiger partial charge on any atom is -0.465 e. The SMILES string of the molecule is COC(=O)c1c(NC(=O)CSc2ccc(C)cc2)sc2c1CCN(C(C)=O)C2. The second kappa shape index (κ2) is 8.79. The van der Waals surface area contributed by atoms with E-state index in [9.17, 15) is 14.4 Å². The third-order valence-corrected chi connectivity index (χ3v) is 6.68. The Balaban J connectivity index is 1.75. The van der Waals surface area contributed by atoms with Crippen LogP contribution in [0.2, 0.25) is 0 Å². The molecular weight excluding hydrogens is 396 g/mol. The van der Waals surface area contributed by atoms with E-state index in [2.05, 4.69) is 5.32 Å². The topological polar surface area (TPSA) is 75.7 Å². The quantitative estimate of drug-likeness (QED) is 0.594. The molecule has 1 aliphatic heterocycles. The summed E-state index contributed by atoms with van der Waals surface area (Å²) in [6, 6.07) is 7.97. The summed E-state index contributed by atoms with van der Waals surface area (Å²) >= 11 is 2.78. The van der Waals surface area contributed by atoms with Gasteiger partial charge >= 0.3 is 5.97 Å². The molecule has 6 nitrogen and oxygen atoms in total. The van der Waals surface area contributed by atoms with Crippen molar-refractivity contribution < 1.29 is 19.1 Å². The summed E-state index contributed by atoms with van der Waals surface area (Å²) in [6.45, 7) is 4.55. The number of esters is 1. The molecule has 0 unspecified atom stereocenters. The second-order valence-electron chi connectivity index (χ2n) is 6.54. The van der Waals surface area contributed by atoms with Crippen LogP contribution in [0.3, 0.4) is 0 Å². The summed E-state index contributed by atoms with van der Waals surface area (Å²) in [4.78, 5) is 40.1. The highest BCUT2D eigenvalue weighted by Gasteiger charge is 2.29. The van der Waals surface area contributed by atoms with Crippen LogP contribution in [0.15, 0.2) is 29.2 Å². The maximum atomic E-state index is 12.5. The number of benzene rings is 1. The molecule has 2 aromatic rings. The monoisotopic (exact) mass is 418 g/mol. The zero-order valence-corrected chi connectivity index (χ0v) is 17.7. The number of nitrogens with one attached hydrogen (secondary N) is 1. The first-order chi connectivity index (χ1) is 13.4. The molecule has 0 atom stereocenters. The normalized spacial score (nSPS) is 13.0. The number of methoxy groups -OCH3 is 1. The van der Waals surface area contributed by atoms with Gasteiger partial charge in [-0.05, 0) is 31.0 Å².